The minimum Gasteiger partial charge on any atom is -0.310 e. The van der Waals surface area contributed by atoms with Crippen LogP contribution in [0.1, 0.15) is 49.9 Å². The van der Waals surface area contributed by atoms with Gasteiger partial charge in [0.05, 0.1) is 28.3 Å². The zero-order valence-corrected chi connectivity index (χ0v) is 42.6. The number of pyridine rings is 1. The van der Waals surface area contributed by atoms with E-state index < -0.39 is 0 Å². The first-order valence-electron chi connectivity index (χ1n) is 26.2. The average molecular weight is 975 g/mol. The van der Waals surface area contributed by atoms with Gasteiger partial charge in [0, 0.05) is 55.2 Å². The topological polar surface area (TPSA) is 58.0 Å². The largest absolute Gasteiger partial charge is 0.310 e. The second-order valence-corrected chi connectivity index (χ2v) is 21.4. The molecule has 0 unspecified atom stereocenters. The van der Waals surface area contributed by atoms with Crippen molar-refractivity contribution < 1.29 is 0 Å². The lowest BCUT2D eigenvalue weighted by molar-refractivity contribution is 0.660. The molecule has 6 heteroatoms. The summed E-state index contributed by atoms with van der Waals surface area (Å²) < 4.78 is 0. The van der Waals surface area contributed by atoms with Crippen molar-refractivity contribution in [1.82, 2.24) is 19.9 Å². The number of anilines is 6. The predicted molar refractivity (Wildman–Crippen MR) is 312 cm³/mol. The molecule has 12 aromatic rings. The van der Waals surface area contributed by atoms with Crippen LogP contribution in [-0.2, 0) is 10.8 Å². The number of aromatic nitrogens is 4. The Bertz CT molecular complexity index is 4290. The summed E-state index contributed by atoms with van der Waals surface area (Å²) in [5, 5.41) is 3.28. The van der Waals surface area contributed by atoms with E-state index in [0.29, 0.717) is 17.6 Å². The highest BCUT2D eigenvalue weighted by molar-refractivity contribution is 6.20. The average Bonchev–Trinajstić information content (AvgIpc) is 3.89. The van der Waals surface area contributed by atoms with Gasteiger partial charge in [-0.25, -0.2) is 9.97 Å². The molecule has 0 atom stereocenters. The molecule has 0 bridgehead atoms. The molecule has 76 heavy (non-hydrogen) atoms. The van der Waals surface area contributed by atoms with Crippen molar-refractivity contribution in [3.8, 4) is 67.4 Å². The molecule has 1 aliphatic heterocycles. The smallest absolute Gasteiger partial charge is 0.238 e. The van der Waals surface area contributed by atoms with E-state index in [1.165, 1.54) is 50.2 Å². The number of rotatable bonds is 7. The summed E-state index contributed by atoms with van der Waals surface area (Å²) in [6.07, 6.45) is 0. The summed E-state index contributed by atoms with van der Waals surface area (Å²) in [5.41, 5.74) is 22.5. The molecule has 0 N–H and O–H groups in total. The van der Waals surface area contributed by atoms with Gasteiger partial charge in [-0.1, -0.05) is 204 Å². The molecule has 2 aromatic heterocycles. The van der Waals surface area contributed by atoms with Gasteiger partial charge in [0.25, 0.3) is 0 Å². The van der Waals surface area contributed by atoms with E-state index >= 15 is 0 Å². The molecule has 3 heterocycles. The molecule has 0 spiro atoms. The van der Waals surface area contributed by atoms with E-state index in [-0.39, 0.29) is 10.8 Å². The Labute approximate surface area is 442 Å². The SMILES string of the molecule is CC1(C)c2ccccc2-c2ccc(N(c3ccc(-c4ccc5c(c4)-c4nc6ccccc6c6cccc(c46)N5c4nc(-c5ccccc5)nc(-c5ccccc5)n4)cc3)c3cccc4c3-c3ccccc3C4(C)C)cc21. The third kappa shape index (κ3) is 6.53. The van der Waals surface area contributed by atoms with Crippen LogP contribution in [0.4, 0.5) is 34.4 Å². The first-order chi connectivity index (χ1) is 37.2. The molecule has 3 aliphatic rings. The summed E-state index contributed by atoms with van der Waals surface area (Å²) in [5.74, 6) is 1.75. The lowest BCUT2D eigenvalue weighted by atomic mass is 9.82. The second-order valence-electron chi connectivity index (χ2n) is 21.4. The van der Waals surface area contributed by atoms with Crippen molar-refractivity contribution >= 4 is 56.1 Å². The van der Waals surface area contributed by atoms with Crippen LogP contribution in [0.15, 0.2) is 231 Å². The summed E-state index contributed by atoms with van der Waals surface area (Å²) in [6.45, 7) is 9.45. The van der Waals surface area contributed by atoms with E-state index in [1.807, 2.05) is 36.4 Å². The Balaban J connectivity index is 0.904. The molecule has 0 radical (unpaired) electrons. The zero-order valence-electron chi connectivity index (χ0n) is 42.6. The molecule has 15 rings (SSSR count). The Morgan fingerprint density at radius 1 is 0.368 bits per heavy atom. The highest BCUT2D eigenvalue weighted by atomic mass is 15.3. The van der Waals surface area contributed by atoms with Crippen LogP contribution in [0.2, 0.25) is 0 Å². The van der Waals surface area contributed by atoms with Gasteiger partial charge < -0.3 is 4.90 Å². The third-order valence-corrected chi connectivity index (χ3v) is 16.4. The molecule has 0 fully saturated rings. The van der Waals surface area contributed by atoms with E-state index in [1.54, 1.807) is 0 Å². The van der Waals surface area contributed by atoms with Gasteiger partial charge in [0.1, 0.15) is 0 Å². The predicted octanol–water partition coefficient (Wildman–Crippen LogP) is 18.1. The van der Waals surface area contributed by atoms with Gasteiger partial charge in [-0.05, 0) is 110 Å². The van der Waals surface area contributed by atoms with Crippen LogP contribution in [0.25, 0.3) is 89.1 Å². The Kier molecular flexibility index (Phi) is 9.55. The van der Waals surface area contributed by atoms with Crippen molar-refractivity contribution in [1.29, 1.82) is 0 Å². The van der Waals surface area contributed by atoms with Gasteiger partial charge in [-0.3, -0.25) is 4.90 Å². The molecule has 0 amide bonds. The van der Waals surface area contributed by atoms with Crippen molar-refractivity contribution in [2.45, 2.75) is 38.5 Å². The maximum Gasteiger partial charge on any atom is 0.238 e. The van der Waals surface area contributed by atoms with Gasteiger partial charge in [0.2, 0.25) is 5.95 Å². The molecule has 2 aliphatic carbocycles. The molecule has 0 saturated heterocycles. The summed E-state index contributed by atoms with van der Waals surface area (Å²) in [6, 6.07) is 83.0. The molecule has 0 saturated carbocycles. The van der Waals surface area contributed by atoms with E-state index in [9.17, 15) is 0 Å². The van der Waals surface area contributed by atoms with Crippen molar-refractivity contribution in [3.63, 3.8) is 0 Å². The first-order valence-corrected chi connectivity index (χ1v) is 26.2. The number of nitrogens with zero attached hydrogens (tertiary/aromatic N) is 6. The molecule has 10 aromatic carbocycles. The number of hydrogen-bond donors (Lipinski definition) is 0. The molecule has 360 valence electrons. The standard InChI is InChI=1S/C70H50N6/c1-69(2)56-28-15-12-25-53(56)63-57(69)29-18-32-61(63)75(48-38-39-50-49-23-11-14-27-55(49)70(3,4)58(50)42-48)47-36-33-43(34-37-47)46-35-40-60-54(41-46)65-64-52(51-24-13-16-30-59(51)71-65)26-17-31-62(64)76(60)68-73-66(44-19-7-5-8-20-44)72-67(74-68)45-21-9-6-10-22-45/h5-42H,1-4H3. The monoisotopic (exact) mass is 974 g/mol. The fourth-order valence-corrected chi connectivity index (χ4v) is 12.7. The van der Waals surface area contributed by atoms with Gasteiger partial charge in [-0.15, -0.1) is 0 Å². The van der Waals surface area contributed by atoms with Crippen LogP contribution in [0.3, 0.4) is 0 Å². The fraction of sp³-hybridized carbons (Fsp3) is 0.0857. The maximum atomic E-state index is 5.49. The van der Waals surface area contributed by atoms with Crippen LogP contribution < -0.4 is 9.80 Å². The van der Waals surface area contributed by atoms with E-state index in [4.69, 9.17) is 19.9 Å². The minimum absolute atomic E-state index is 0.148. The van der Waals surface area contributed by atoms with Crippen LogP contribution in [0.5, 0.6) is 0 Å². The maximum absolute atomic E-state index is 5.49. The Hall–Kier alpha value is -9.52. The van der Waals surface area contributed by atoms with Gasteiger partial charge in [-0.2, -0.15) is 9.97 Å². The number of fused-ring (bicyclic) bond motifs is 10. The number of benzene rings is 10. The number of para-hydroxylation sites is 1. The quantitative estimate of drug-likeness (QED) is 0.148. The summed E-state index contributed by atoms with van der Waals surface area (Å²) in [4.78, 5) is 25.8. The normalized spacial score (nSPS) is 14.0. The molecule has 6 nitrogen and oxygen atoms in total. The Morgan fingerprint density at radius 3 is 1.70 bits per heavy atom. The van der Waals surface area contributed by atoms with Gasteiger partial charge in [0.15, 0.2) is 11.6 Å². The van der Waals surface area contributed by atoms with Gasteiger partial charge >= 0.3 is 0 Å². The zero-order chi connectivity index (χ0) is 50.9. The van der Waals surface area contributed by atoms with Crippen LogP contribution in [0, 0.1) is 0 Å². The lowest BCUT2D eigenvalue weighted by Gasteiger charge is -2.32. The molecular weight excluding hydrogens is 925 g/mol. The third-order valence-electron chi connectivity index (χ3n) is 16.4. The lowest BCUT2D eigenvalue weighted by Crippen LogP contribution is -2.19. The molecular formula is C70H50N6. The highest BCUT2D eigenvalue weighted by Gasteiger charge is 2.40. The number of hydrogen-bond acceptors (Lipinski definition) is 6. The van der Waals surface area contributed by atoms with Crippen LogP contribution >= 0.6 is 0 Å². The second kappa shape index (κ2) is 16.5. The van der Waals surface area contributed by atoms with E-state index in [0.717, 1.165) is 77.9 Å². The fourth-order valence-electron chi connectivity index (χ4n) is 12.7. The van der Waals surface area contributed by atoms with Crippen molar-refractivity contribution in [2.75, 3.05) is 9.80 Å². The first kappa shape index (κ1) is 44.0. The van der Waals surface area contributed by atoms with Crippen LogP contribution in [-0.4, -0.2) is 19.9 Å². The highest BCUT2D eigenvalue weighted by Crippen LogP contribution is 2.57. The Morgan fingerprint density at radius 2 is 0.947 bits per heavy atom. The van der Waals surface area contributed by atoms with Crippen molar-refractivity contribution in [2.24, 2.45) is 0 Å². The summed E-state index contributed by atoms with van der Waals surface area (Å²) >= 11 is 0. The van der Waals surface area contributed by atoms with Crippen molar-refractivity contribution in [3.05, 3.63) is 253 Å². The summed E-state index contributed by atoms with van der Waals surface area (Å²) in [7, 11) is 0. The minimum atomic E-state index is -0.156. The van der Waals surface area contributed by atoms with E-state index in [2.05, 4.69) is 232 Å².